The van der Waals surface area contributed by atoms with E-state index in [9.17, 15) is 4.79 Å². The normalized spacial score (nSPS) is 16.9. The average molecular weight is 246 g/mol. The van der Waals surface area contributed by atoms with Gasteiger partial charge in [0.1, 0.15) is 0 Å². The quantitative estimate of drug-likeness (QED) is 0.889. The molecule has 1 aromatic rings. The van der Waals surface area contributed by atoms with Gasteiger partial charge in [-0.1, -0.05) is 38.5 Å². The van der Waals surface area contributed by atoms with Crippen LogP contribution in [0.4, 0.5) is 5.69 Å². The highest BCUT2D eigenvalue weighted by molar-refractivity contribution is 5.95. The molecule has 98 valence electrons. The number of nitrogens with zero attached hydrogens (tertiary/aromatic N) is 1. The maximum atomic E-state index is 12.5. The molecule has 0 bridgehead atoms. The summed E-state index contributed by atoms with van der Waals surface area (Å²) in [5, 5.41) is 3.37. The van der Waals surface area contributed by atoms with Crippen molar-refractivity contribution >= 4 is 11.6 Å². The van der Waals surface area contributed by atoms with Crippen LogP contribution in [-0.4, -0.2) is 19.0 Å². The van der Waals surface area contributed by atoms with Gasteiger partial charge in [-0.2, -0.15) is 0 Å². The van der Waals surface area contributed by atoms with Crippen LogP contribution in [0.5, 0.6) is 0 Å². The minimum Gasteiger partial charge on any atom is -0.311 e. The van der Waals surface area contributed by atoms with Crippen molar-refractivity contribution < 1.29 is 4.79 Å². The molecule has 0 spiro atoms. The third-order valence-corrected chi connectivity index (χ3v) is 3.52. The number of fused-ring (bicyclic) bond motifs is 1. The first-order chi connectivity index (χ1) is 8.74. The zero-order valence-corrected chi connectivity index (χ0v) is 11.3. The molecule has 1 unspecified atom stereocenters. The molecule has 0 saturated heterocycles. The van der Waals surface area contributed by atoms with Crippen LogP contribution in [0.1, 0.15) is 32.3 Å². The number of carbonyl (C=O) groups excluding carboxylic acids is 1. The Morgan fingerprint density at radius 2 is 2.22 bits per heavy atom. The molecule has 1 amide bonds. The maximum absolute atomic E-state index is 12.5. The van der Waals surface area contributed by atoms with Crippen molar-refractivity contribution in [1.82, 2.24) is 5.32 Å². The van der Waals surface area contributed by atoms with Gasteiger partial charge >= 0.3 is 0 Å². The Morgan fingerprint density at radius 3 is 3.00 bits per heavy atom. The molecule has 0 fully saturated rings. The van der Waals surface area contributed by atoms with E-state index in [1.807, 2.05) is 24.0 Å². The summed E-state index contributed by atoms with van der Waals surface area (Å²) in [5.41, 5.74) is 2.29. The van der Waals surface area contributed by atoms with Crippen LogP contribution in [-0.2, 0) is 11.3 Å². The second-order valence-corrected chi connectivity index (χ2v) is 4.99. The molecule has 1 atom stereocenters. The van der Waals surface area contributed by atoms with Crippen LogP contribution in [0.2, 0.25) is 0 Å². The monoisotopic (exact) mass is 246 g/mol. The van der Waals surface area contributed by atoms with E-state index in [1.165, 1.54) is 5.56 Å². The highest BCUT2D eigenvalue weighted by Gasteiger charge is 2.24. The largest absolute Gasteiger partial charge is 0.311 e. The highest BCUT2D eigenvalue weighted by atomic mass is 16.2. The number of nitrogens with one attached hydrogen (secondary N) is 1. The second-order valence-electron chi connectivity index (χ2n) is 4.99. The lowest BCUT2D eigenvalue weighted by Crippen LogP contribution is -2.38. The van der Waals surface area contributed by atoms with Gasteiger partial charge in [0.2, 0.25) is 5.91 Å². The standard InChI is InChI=1S/C15H22N2O/c1-3-6-12(2)15(18)17-10-9-16-11-13-7-4-5-8-14(13)17/h4-5,7-8,12,16H,3,6,9-11H2,1-2H3. The number of para-hydroxylation sites is 1. The minimum atomic E-state index is 0.112. The zero-order valence-electron chi connectivity index (χ0n) is 11.3. The van der Waals surface area contributed by atoms with E-state index in [2.05, 4.69) is 24.4 Å². The van der Waals surface area contributed by atoms with Gasteiger partial charge in [-0.3, -0.25) is 4.79 Å². The molecule has 0 aromatic heterocycles. The fraction of sp³-hybridized carbons (Fsp3) is 0.533. The van der Waals surface area contributed by atoms with E-state index in [4.69, 9.17) is 0 Å². The summed E-state index contributed by atoms with van der Waals surface area (Å²) < 4.78 is 0. The van der Waals surface area contributed by atoms with Gasteiger partial charge in [0.05, 0.1) is 0 Å². The predicted molar refractivity (Wildman–Crippen MR) is 74.6 cm³/mol. The zero-order chi connectivity index (χ0) is 13.0. The predicted octanol–water partition coefficient (Wildman–Crippen LogP) is 2.56. The molecule has 0 aliphatic carbocycles. The van der Waals surface area contributed by atoms with Gasteiger partial charge in [0.25, 0.3) is 0 Å². The third kappa shape index (κ3) is 2.72. The Labute approximate surface area is 109 Å². The van der Waals surface area contributed by atoms with E-state index in [-0.39, 0.29) is 11.8 Å². The van der Waals surface area contributed by atoms with Crippen molar-refractivity contribution in [2.75, 3.05) is 18.0 Å². The molecule has 0 saturated carbocycles. The molecule has 3 heteroatoms. The molecule has 1 aliphatic heterocycles. The van der Waals surface area contributed by atoms with E-state index in [0.29, 0.717) is 0 Å². The van der Waals surface area contributed by atoms with Gasteiger partial charge in [-0.15, -0.1) is 0 Å². The smallest absolute Gasteiger partial charge is 0.229 e. The second kappa shape index (κ2) is 6.01. The van der Waals surface area contributed by atoms with Crippen LogP contribution in [0, 0.1) is 5.92 Å². The van der Waals surface area contributed by atoms with E-state index in [1.54, 1.807) is 0 Å². The van der Waals surface area contributed by atoms with E-state index in [0.717, 1.165) is 38.2 Å². The Morgan fingerprint density at radius 1 is 1.44 bits per heavy atom. The molecular weight excluding hydrogens is 224 g/mol. The van der Waals surface area contributed by atoms with Crippen LogP contribution >= 0.6 is 0 Å². The topological polar surface area (TPSA) is 32.3 Å². The summed E-state index contributed by atoms with van der Waals surface area (Å²) in [7, 11) is 0. The first-order valence-electron chi connectivity index (χ1n) is 6.84. The SMILES string of the molecule is CCCC(C)C(=O)N1CCNCc2ccccc21. The Bertz CT molecular complexity index is 417. The van der Waals surface area contributed by atoms with Crippen molar-refractivity contribution in [2.24, 2.45) is 5.92 Å². The minimum absolute atomic E-state index is 0.112. The lowest BCUT2D eigenvalue weighted by Gasteiger charge is -2.25. The van der Waals surface area contributed by atoms with Gasteiger partial charge in [0.15, 0.2) is 0 Å². The van der Waals surface area contributed by atoms with Crippen LogP contribution in [0.15, 0.2) is 24.3 Å². The molecular formula is C15H22N2O. The van der Waals surface area contributed by atoms with Crippen LogP contribution in [0.3, 0.4) is 0 Å². The number of anilines is 1. The molecule has 18 heavy (non-hydrogen) atoms. The summed E-state index contributed by atoms with van der Waals surface area (Å²) >= 11 is 0. The Hall–Kier alpha value is -1.35. The van der Waals surface area contributed by atoms with Gasteiger partial charge in [-0.05, 0) is 18.1 Å². The van der Waals surface area contributed by atoms with E-state index >= 15 is 0 Å². The van der Waals surface area contributed by atoms with E-state index < -0.39 is 0 Å². The Balaban J connectivity index is 2.24. The number of hydrogen-bond acceptors (Lipinski definition) is 2. The summed E-state index contributed by atoms with van der Waals surface area (Å²) in [5.74, 6) is 0.370. The lowest BCUT2D eigenvalue weighted by atomic mass is 10.0. The maximum Gasteiger partial charge on any atom is 0.229 e. The number of amides is 1. The fourth-order valence-electron chi connectivity index (χ4n) is 2.51. The van der Waals surface area contributed by atoms with Crippen LogP contribution in [0.25, 0.3) is 0 Å². The van der Waals surface area contributed by atoms with Crippen molar-refractivity contribution in [3.8, 4) is 0 Å². The molecule has 1 heterocycles. The lowest BCUT2D eigenvalue weighted by molar-refractivity contribution is -0.122. The first-order valence-corrected chi connectivity index (χ1v) is 6.84. The third-order valence-electron chi connectivity index (χ3n) is 3.52. The first kappa shape index (κ1) is 13.1. The average Bonchev–Trinajstić information content (AvgIpc) is 2.60. The van der Waals surface area contributed by atoms with Gasteiger partial charge in [-0.25, -0.2) is 0 Å². The number of rotatable bonds is 3. The van der Waals surface area contributed by atoms with Gasteiger partial charge < -0.3 is 10.2 Å². The molecule has 3 nitrogen and oxygen atoms in total. The summed E-state index contributed by atoms with van der Waals surface area (Å²) in [6, 6.07) is 8.19. The Kier molecular flexibility index (Phi) is 4.37. The molecule has 0 radical (unpaired) electrons. The summed E-state index contributed by atoms with van der Waals surface area (Å²) in [6.07, 6.45) is 2.02. The summed E-state index contributed by atoms with van der Waals surface area (Å²) in [6.45, 7) is 6.64. The number of benzene rings is 1. The van der Waals surface area contributed by atoms with Crippen molar-refractivity contribution in [2.45, 2.75) is 33.2 Å². The summed E-state index contributed by atoms with van der Waals surface area (Å²) in [4.78, 5) is 14.5. The molecule has 1 N–H and O–H groups in total. The van der Waals surface area contributed by atoms with Crippen molar-refractivity contribution in [1.29, 1.82) is 0 Å². The van der Waals surface area contributed by atoms with Gasteiger partial charge in [0, 0.05) is 31.2 Å². The molecule has 2 rings (SSSR count). The fourth-order valence-corrected chi connectivity index (χ4v) is 2.51. The number of carbonyl (C=O) groups is 1. The van der Waals surface area contributed by atoms with Crippen molar-refractivity contribution in [3.05, 3.63) is 29.8 Å². The molecule has 1 aliphatic rings. The molecule has 1 aromatic carbocycles. The van der Waals surface area contributed by atoms with Crippen molar-refractivity contribution in [3.63, 3.8) is 0 Å². The number of hydrogen-bond donors (Lipinski definition) is 1. The van der Waals surface area contributed by atoms with Crippen LogP contribution < -0.4 is 10.2 Å². The highest BCUT2D eigenvalue weighted by Crippen LogP contribution is 2.24.